The van der Waals surface area contributed by atoms with E-state index in [-0.39, 0.29) is 6.04 Å². The van der Waals surface area contributed by atoms with Gasteiger partial charge < -0.3 is 14.3 Å². The van der Waals surface area contributed by atoms with Gasteiger partial charge in [-0.3, -0.25) is 4.98 Å². The Morgan fingerprint density at radius 1 is 1.06 bits per heavy atom. The number of fused-ring (bicyclic) bond motifs is 3. The molecule has 2 aromatic carbocycles. The number of aliphatic hydroxyl groups is 1. The molecule has 1 saturated heterocycles. The van der Waals surface area contributed by atoms with Gasteiger partial charge in [0, 0.05) is 42.3 Å². The Labute approximate surface area is 195 Å². The Balaban J connectivity index is 1.27. The van der Waals surface area contributed by atoms with Crippen LogP contribution in [0.15, 0.2) is 72.9 Å². The summed E-state index contributed by atoms with van der Waals surface area (Å²) in [6, 6.07) is 21.4. The molecule has 33 heavy (non-hydrogen) atoms. The number of pyridine rings is 1. The number of aryl methyl sites for hydroxylation is 1. The van der Waals surface area contributed by atoms with Gasteiger partial charge in [0.05, 0.1) is 20.1 Å². The highest BCUT2D eigenvalue weighted by Crippen LogP contribution is 2.48. The number of rotatable bonds is 7. The maximum atomic E-state index is 13.4. The van der Waals surface area contributed by atoms with E-state index in [4.69, 9.17) is 4.74 Å². The molecule has 2 atom stereocenters. The molecular formula is C28H31N2O3+. The van der Waals surface area contributed by atoms with Crippen LogP contribution < -0.4 is 0 Å². The standard InChI is InChI=1S/C28H31N2O3/c1-30(18-8-11-21-10-6-7-17-29-21)19-9-12-22(30)20-33-27(31)28(32)25-15-4-2-13-23(25)24-14-3-5-16-26(24)28/h2-7,10,13-17,22,32H,8-9,11-12,18-20H2,1H3/q+1/t22-,30?/m1/s1. The average Bonchev–Trinajstić information content (AvgIpc) is 3.34. The summed E-state index contributed by atoms with van der Waals surface area (Å²) in [5.41, 5.74) is 2.36. The summed E-state index contributed by atoms with van der Waals surface area (Å²) in [5, 5.41) is 11.6. The summed E-state index contributed by atoms with van der Waals surface area (Å²) in [4.78, 5) is 17.8. The van der Waals surface area contributed by atoms with Gasteiger partial charge in [0.15, 0.2) is 0 Å². The number of nitrogens with zero attached hydrogens (tertiary/aromatic N) is 2. The number of likely N-dealkylation sites (tertiary alicyclic amines) is 1. The lowest BCUT2D eigenvalue weighted by Crippen LogP contribution is -2.51. The lowest BCUT2D eigenvalue weighted by atomic mass is 9.91. The highest BCUT2D eigenvalue weighted by atomic mass is 16.6. The van der Waals surface area contributed by atoms with Crippen molar-refractivity contribution in [1.82, 2.24) is 4.98 Å². The molecule has 0 amide bonds. The van der Waals surface area contributed by atoms with Crippen molar-refractivity contribution in [2.45, 2.75) is 37.3 Å². The molecule has 1 aliphatic carbocycles. The first kappa shape index (κ1) is 21.8. The number of carbonyl (C=O) groups excluding carboxylic acids is 1. The molecule has 0 bridgehead atoms. The zero-order valence-corrected chi connectivity index (χ0v) is 19.1. The van der Waals surface area contributed by atoms with Gasteiger partial charge in [-0.05, 0) is 29.7 Å². The van der Waals surface area contributed by atoms with Crippen LogP contribution in [0.1, 0.15) is 36.1 Å². The van der Waals surface area contributed by atoms with Gasteiger partial charge in [-0.1, -0.05) is 54.6 Å². The predicted octanol–water partition coefficient (Wildman–Crippen LogP) is 4.08. The average molecular weight is 444 g/mol. The second-order valence-electron chi connectivity index (χ2n) is 9.55. The SMILES string of the molecule is C[N+]1(CCCc2ccccn2)CCC[C@@H]1COC(=O)C1(O)c2ccccc2-c2ccccc21. The van der Waals surface area contributed by atoms with Crippen LogP contribution in [-0.2, 0) is 21.6 Å². The second-order valence-corrected chi connectivity index (χ2v) is 9.55. The van der Waals surface area contributed by atoms with E-state index in [1.54, 1.807) is 0 Å². The van der Waals surface area contributed by atoms with Crippen molar-refractivity contribution in [3.63, 3.8) is 0 Å². The third-order valence-corrected chi connectivity index (χ3v) is 7.54. The lowest BCUT2D eigenvalue weighted by Gasteiger charge is -2.36. The van der Waals surface area contributed by atoms with E-state index < -0.39 is 11.6 Å². The Morgan fingerprint density at radius 2 is 1.73 bits per heavy atom. The van der Waals surface area contributed by atoms with Crippen molar-refractivity contribution >= 4 is 5.97 Å². The molecule has 1 aromatic heterocycles. The molecule has 5 heteroatoms. The van der Waals surface area contributed by atoms with Crippen molar-refractivity contribution in [1.29, 1.82) is 0 Å². The van der Waals surface area contributed by atoms with Crippen LogP contribution in [0.3, 0.4) is 0 Å². The molecule has 1 N–H and O–H groups in total. The summed E-state index contributed by atoms with van der Waals surface area (Å²) in [6.07, 6.45) is 5.99. The van der Waals surface area contributed by atoms with Crippen molar-refractivity contribution in [2.24, 2.45) is 0 Å². The summed E-state index contributed by atoms with van der Waals surface area (Å²) < 4.78 is 6.76. The Morgan fingerprint density at radius 3 is 2.39 bits per heavy atom. The van der Waals surface area contributed by atoms with E-state index in [2.05, 4.69) is 18.1 Å². The minimum absolute atomic E-state index is 0.244. The maximum Gasteiger partial charge on any atom is 0.347 e. The molecule has 0 radical (unpaired) electrons. The first-order chi connectivity index (χ1) is 16.0. The highest BCUT2D eigenvalue weighted by molar-refractivity contribution is 5.96. The fourth-order valence-electron chi connectivity index (χ4n) is 5.62. The first-order valence-electron chi connectivity index (χ1n) is 11.9. The molecule has 0 spiro atoms. The van der Waals surface area contributed by atoms with Gasteiger partial charge in [-0.15, -0.1) is 0 Å². The van der Waals surface area contributed by atoms with Gasteiger partial charge in [0.25, 0.3) is 0 Å². The van der Waals surface area contributed by atoms with E-state index >= 15 is 0 Å². The summed E-state index contributed by atoms with van der Waals surface area (Å²) in [6.45, 7) is 2.43. The largest absolute Gasteiger partial charge is 0.457 e. The zero-order chi connectivity index (χ0) is 22.9. The fraction of sp³-hybridized carbons (Fsp3) is 0.357. The van der Waals surface area contributed by atoms with Crippen LogP contribution >= 0.6 is 0 Å². The molecule has 5 rings (SSSR count). The van der Waals surface area contributed by atoms with E-state index in [1.807, 2.05) is 66.9 Å². The second kappa shape index (κ2) is 8.73. The van der Waals surface area contributed by atoms with Crippen LogP contribution in [0, 0.1) is 0 Å². The van der Waals surface area contributed by atoms with Crippen LogP contribution in [-0.4, -0.2) is 53.3 Å². The van der Waals surface area contributed by atoms with E-state index in [0.29, 0.717) is 17.7 Å². The Kier molecular flexibility index (Phi) is 5.77. The van der Waals surface area contributed by atoms with Crippen molar-refractivity contribution < 1.29 is 19.1 Å². The summed E-state index contributed by atoms with van der Waals surface area (Å²) in [7, 11) is 2.26. The zero-order valence-electron chi connectivity index (χ0n) is 19.1. The third kappa shape index (κ3) is 3.85. The predicted molar refractivity (Wildman–Crippen MR) is 127 cm³/mol. The Bertz CT molecular complexity index is 1100. The molecule has 0 saturated carbocycles. The summed E-state index contributed by atoms with van der Waals surface area (Å²) in [5.74, 6) is -0.577. The lowest BCUT2D eigenvalue weighted by molar-refractivity contribution is -0.921. The van der Waals surface area contributed by atoms with Gasteiger partial charge >= 0.3 is 5.97 Å². The van der Waals surface area contributed by atoms with Crippen molar-refractivity contribution in [3.8, 4) is 11.1 Å². The number of carbonyl (C=O) groups is 1. The van der Waals surface area contributed by atoms with E-state index in [9.17, 15) is 9.90 Å². The monoisotopic (exact) mass is 443 g/mol. The molecule has 1 aliphatic heterocycles. The molecule has 3 aromatic rings. The molecule has 1 fully saturated rings. The quantitative estimate of drug-likeness (QED) is 0.442. The van der Waals surface area contributed by atoms with Crippen molar-refractivity contribution in [3.05, 3.63) is 89.7 Å². The van der Waals surface area contributed by atoms with Crippen molar-refractivity contribution in [2.75, 3.05) is 26.7 Å². The molecular weight excluding hydrogens is 412 g/mol. The van der Waals surface area contributed by atoms with Crippen LogP contribution in [0.2, 0.25) is 0 Å². The number of aromatic nitrogens is 1. The first-order valence-corrected chi connectivity index (χ1v) is 11.9. The summed E-state index contributed by atoms with van der Waals surface area (Å²) >= 11 is 0. The molecule has 5 nitrogen and oxygen atoms in total. The molecule has 2 heterocycles. The fourth-order valence-corrected chi connectivity index (χ4v) is 5.62. The number of esters is 1. The topological polar surface area (TPSA) is 59.4 Å². The van der Waals surface area contributed by atoms with Crippen LogP contribution in [0.4, 0.5) is 0 Å². The van der Waals surface area contributed by atoms with Crippen LogP contribution in [0.5, 0.6) is 0 Å². The molecule has 170 valence electrons. The van der Waals surface area contributed by atoms with Gasteiger partial charge in [-0.2, -0.15) is 0 Å². The number of hydrogen-bond donors (Lipinski definition) is 1. The normalized spacial score (nSPS) is 22.5. The highest BCUT2D eigenvalue weighted by Gasteiger charge is 2.50. The van der Waals surface area contributed by atoms with Gasteiger partial charge in [0.2, 0.25) is 5.60 Å². The van der Waals surface area contributed by atoms with Crippen LogP contribution in [0.25, 0.3) is 11.1 Å². The van der Waals surface area contributed by atoms with E-state index in [1.165, 1.54) is 0 Å². The number of quaternary nitrogens is 1. The smallest absolute Gasteiger partial charge is 0.347 e. The van der Waals surface area contributed by atoms with Gasteiger partial charge in [-0.25, -0.2) is 4.79 Å². The minimum atomic E-state index is -1.76. The number of likely N-dealkylation sites (N-methyl/N-ethyl adjacent to an activating group) is 1. The minimum Gasteiger partial charge on any atom is -0.457 e. The number of hydrogen-bond acceptors (Lipinski definition) is 4. The molecule has 2 aliphatic rings. The van der Waals surface area contributed by atoms with Gasteiger partial charge in [0.1, 0.15) is 12.6 Å². The number of benzene rings is 2. The van der Waals surface area contributed by atoms with E-state index in [0.717, 1.165) is 60.1 Å². The maximum absolute atomic E-state index is 13.4. The number of ether oxygens (including phenoxy) is 1. The molecule has 1 unspecified atom stereocenters. The third-order valence-electron chi connectivity index (χ3n) is 7.54. The Hall–Kier alpha value is -3.02.